The summed E-state index contributed by atoms with van der Waals surface area (Å²) in [5.74, 6) is -1.11. The molecule has 120 valence electrons. The summed E-state index contributed by atoms with van der Waals surface area (Å²) >= 11 is 0. The summed E-state index contributed by atoms with van der Waals surface area (Å²) in [6, 6.07) is 17.6. The quantitative estimate of drug-likeness (QED) is 0.763. The van der Waals surface area contributed by atoms with Crippen molar-refractivity contribution in [1.29, 1.82) is 0 Å². The Morgan fingerprint density at radius 1 is 0.913 bits per heavy atom. The number of carbonyl (C=O) groups is 2. The van der Waals surface area contributed by atoms with Gasteiger partial charge >= 0.3 is 11.9 Å². The highest BCUT2D eigenvalue weighted by atomic mass is 16.6. The molecule has 0 aliphatic heterocycles. The fourth-order valence-electron chi connectivity index (χ4n) is 2.39. The van der Waals surface area contributed by atoms with Gasteiger partial charge in [0.15, 0.2) is 0 Å². The maximum absolute atomic E-state index is 12.6. The predicted octanol–water partition coefficient (Wildman–Crippen LogP) is 3.71. The third-order valence-electron chi connectivity index (χ3n) is 3.62. The van der Waals surface area contributed by atoms with Crippen LogP contribution in [-0.4, -0.2) is 18.5 Å². The van der Waals surface area contributed by atoms with Gasteiger partial charge in [-0.05, 0) is 25.5 Å². The van der Waals surface area contributed by atoms with Crippen molar-refractivity contribution in [3.63, 3.8) is 0 Å². The van der Waals surface area contributed by atoms with Crippen LogP contribution < -0.4 is 0 Å². The van der Waals surface area contributed by atoms with E-state index >= 15 is 0 Å². The first-order valence-corrected chi connectivity index (χ1v) is 7.65. The summed E-state index contributed by atoms with van der Waals surface area (Å²) < 4.78 is 10.8. The van der Waals surface area contributed by atoms with Gasteiger partial charge in [-0.1, -0.05) is 55.5 Å². The molecule has 0 unspecified atom stereocenters. The molecular weight excluding hydrogens is 292 g/mol. The van der Waals surface area contributed by atoms with Crippen LogP contribution in [0.4, 0.5) is 0 Å². The molecule has 2 rings (SSSR count). The van der Waals surface area contributed by atoms with E-state index in [1.54, 1.807) is 62.4 Å². The van der Waals surface area contributed by atoms with Gasteiger partial charge in [-0.2, -0.15) is 0 Å². The second-order valence-corrected chi connectivity index (χ2v) is 5.02. The number of carbonyl (C=O) groups excluding carboxylic acids is 2. The van der Waals surface area contributed by atoms with Gasteiger partial charge in [0, 0.05) is 5.56 Å². The van der Waals surface area contributed by atoms with Crippen molar-refractivity contribution in [2.24, 2.45) is 0 Å². The fourth-order valence-corrected chi connectivity index (χ4v) is 2.39. The summed E-state index contributed by atoms with van der Waals surface area (Å²) in [7, 11) is 0. The van der Waals surface area contributed by atoms with E-state index in [2.05, 4.69) is 0 Å². The summed E-state index contributed by atoms with van der Waals surface area (Å²) in [4.78, 5) is 25.0. The Kier molecular flexibility index (Phi) is 5.52. The van der Waals surface area contributed by atoms with Crippen LogP contribution in [0.1, 0.15) is 36.2 Å². The van der Waals surface area contributed by atoms with Crippen LogP contribution in [0, 0.1) is 0 Å². The molecule has 0 aliphatic rings. The molecule has 0 bridgehead atoms. The Balaban J connectivity index is 2.41. The zero-order valence-electron chi connectivity index (χ0n) is 13.3. The van der Waals surface area contributed by atoms with Gasteiger partial charge < -0.3 is 9.47 Å². The molecule has 0 aliphatic carbocycles. The monoisotopic (exact) mass is 312 g/mol. The predicted molar refractivity (Wildman–Crippen MR) is 86.9 cm³/mol. The van der Waals surface area contributed by atoms with E-state index in [1.807, 2.05) is 12.1 Å². The van der Waals surface area contributed by atoms with Crippen LogP contribution >= 0.6 is 0 Å². The minimum atomic E-state index is -1.44. The first-order chi connectivity index (χ1) is 11.1. The Hall–Kier alpha value is -2.62. The van der Waals surface area contributed by atoms with Gasteiger partial charge in [0.05, 0.1) is 12.2 Å². The first-order valence-electron chi connectivity index (χ1n) is 7.65. The molecule has 0 spiro atoms. The number of hydrogen-bond acceptors (Lipinski definition) is 4. The van der Waals surface area contributed by atoms with Gasteiger partial charge in [-0.3, -0.25) is 0 Å². The van der Waals surface area contributed by atoms with E-state index in [1.165, 1.54) is 0 Å². The van der Waals surface area contributed by atoms with Crippen molar-refractivity contribution in [1.82, 2.24) is 0 Å². The number of esters is 2. The van der Waals surface area contributed by atoms with Crippen molar-refractivity contribution in [3.05, 3.63) is 71.8 Å². The summed E-state index contributed by atoms with van der Waals surface area (Å²) in [6.07, 6.45) is 0.286. The maximum Gasteiger partial charge on any atom is 0.355 e. The smallest absolute Gasteiger partial charge is 0.355 e. The van der Waals surface area contributed by atoms with Gasteiger partial charge in [0.1, 0.15) is 0 Å². The highest BCUT2D eigenvalue weighted by molar-refractivity contribution is 5.93. The largest absolute Gasteiger partial charge is 0.463 e. The molecule has 0 saturated carbocycles. The van der Waals surface area contributed by atoms with Gasteiger partial charge in [-0.15, -0.1) is 0 Å². The van der Waals surface area contributed by atoms with E-state index in [4.69, 9.17) is 9.47 Å². The number of ether oxygens (including phenoxy) is 2. The summed E-state index contributed by atoms with van der Waals surface area (Å²) in [6.45, 7) is 3.74. The van der Waals surface area contributed by atoms with Crippen molar-refractivity contribution in [2.45, 2.75) is 25.9 Å². The molecule has 0 heterocycles. The van der Waals surface area contributed by atoms with Crippen molar-refractivity contribution in [3.8, 4) is 0 Å². The Morgan fingerprint density at radius 3 is 2.00 bits per heavy atom. The average Bonchev–Trinajstić information content (AvgIpc) is 2.61. The van der Waals surface area contributed by atoms with Gasteiger partial charge in [-0.25, -0.2) is 9.59 Å². The van der Waals surface area contributed by atoms with Gasteiger partial charge in [0.2, 0.25) is 5.60 Å². The molecule has 2 aromatic carbocycles. The molecule has 1 atom stereocenters. The Labute approximate surface area is 136 Å². The standard InChI is InChI=1S/C19H20O4/c1-3-19(18(21)22-4-2,16-13-9-6-10-14-16)23-17(20)15-11-7-5-8-12-15/h5-14H,3-4H2,1-2H3/t19-/m0/s1. The molecule has 0 N–H and O–H groups in total. The minimum Gasteiger partial charge on any atom is -0.463 e. The van der Waals surface area contributed by atoms with E-state index in [9.17, 15) is 9.59 Å². The second-order valence-electron chi connectivity index (χ2n) is 5.02. The Bertz CT molecular complexity index is 652. The van der Waals surface area contributed by atoms with Crippen LogP contribution in [-0.2, 0) is 19.9 Å². The lowest BCUT2D eigenvalue weighted by Crippen LogP contribution is -2.41. The number of benzene rings is 2. The normalized spacial score (nSPS) is 13.0. The molecule has 4 nitrogen and oxygen atoms in total. The molecule has 0 aromatic heterocycles. The molecular formula is C19H20O4. The van der Waals surface area contributed by atoms with Crippen molar-refractivity contribution in [2.75, 3.05) is 6.61 Å². The lowest BCUT2D eigenvalue weighted by molar-refractivity contribution is -0.167. The fraction of sp³-hybridized carbons (Fsp3) is 0.263. The zero-order chi connectivity index (χ0) is 16.7. The third kappa shape index (κ3) is 3.59. The summed E-state index contributed by atoms with van der Waals surface area (Å²) in [5, 5.41) is 0. The zero-order valence-corrected chi connectivity index (χ0v) is 13.3. The molecule has 2 aromatic rings. The first kappa shape index (κ1) is 16.7. The van der Waals surface area contributed by atoms with Crippen LogP contribution in [0.15, 0.2) is 60.7 Å². The highest BCUT2D eigenvalue weighted by Gasteiger charge is 2.44. The molecule has 23 heavy (non-hydrogen) atoms. The third-order valence-corrected chi connectivity index (χ3v) is 3.62. The lowest BCUT2D eigenvalue weighted by atomic mass is 9.90. The van der Waals surface area contributed by atoms with Crippen LogP contribution in [0.5, 0.6) is 0 Å². The number of hydrogen-bond donors (Lipinski definition) is 0. The Morgan fingerprint density at radius 2 is 1.48 bits per heavy atom. The van der Waals surface area contributed by atoms with E-state index in [0.29, 0.717) is 11.1 Å². The van der Waals surface area contributed by atoms with E-state index < -0.39 is 17.5 Å². The van der Waals surface area contributed by atoms with Crippen molar-refractivity contribution < 1.29 is 19.1 Å². The summed E-state index contributed by atoms with van der Waals surface area (Å²) in [5.41, 5.74) is -0.444. The van der Waals surface area contributed by atoms with Gasteiger partial charge in [0.25, 0.3) is 0 Å². The minimum absolute atomic E-state index is 0.219. The highest BCUT2D eigenvalue weighted by Crippen LogP contribution is 2.32. The van der Waals surface area contributed by atoms with Crippen LogP contribution in [0.3, 0.4) is 0 Å². The lowest BCUT2D eigenvalue weighted by Gasteiger charge is -2.30. The molecule has 0 saturated heterocycles. The van der Waals surface area contributed by atoms with E-state index in [-0.39, 0.29) is 13.0 Å². The SMILES string of the molecule is CCOC(=O)[C@@](CC)(OC(=O)c1ccccc1)c1ccccc1. The van der Waals surface area contributed by atoms with Crippen LogP contribution in [0.25, 0.3) is 0 Å². The molecule has 0 fully saturated rings. The number of rotatable bonds is 6. The van der Waals surface area contributed by atoms with Crippen molar-refractivity contribution >= 4 is 11.9 Å². The topological polar surface area (TPSA) is 52.6 Å². The average molecular weight is 312 g/mol. The molecule has 0 radical (unpaired) electrons. The second kappa shape index (κ2) is 7.58. The molecule has 0 amide bonds. The molecule has 4 heteroatoms. The van der Waals surface area contributed by atoms with E-state index in [0.717, 1.165) is 0 Å². The van der Waals surface area contributed by atoms with Crippen LogP contribution in [0.2, 0.25) is 0 Å². The maximum atomic E-state index is 12.6.